The lowest BCUT2D eigenvalue weighted by atomic mass is 10.1. The minimum Gasteiger partial charge on any atom is -0.477 e. The number of fused-ring (bicyclic) bond motifs is 1. The minimum absolute atomic E-state index is 0.465. The number of rotatable bonds is 8. The summed E-state index contributed by atoms with van der Waals surface area (Å²) in [7, 11) is 0. The molecule has 1 aromatic carbocycles. The van der Waals surface area contributed by atoms with E-state index in [-0.39, 0.29) is 0 Å². The Labute approximate surface area is 123 Å². The van der Waals surface area contributed by atoms with Crippen molar-refractivity contribution in [1.29, 1.82) is 0 Å². The fourth-order valence-electron chi connectivity index (χ4n) is 2.34. The van der Waals surface area contributed by atoms with Crippen molar-refractivity contribution >= 4 is 27.4 Å². The predicted molar refractivity (Wildman–Crippen MR) is 84.6 cm³/mol. The molecular weight excluding hydrogens is 270 g/mol. The van der Waals surface area contributed by atoms with Gasteiger partial charge in [0.1, 0.15) is 4.88 Å². The van der Waals surface area contributed by atoms with Crippen LogP contribution in [0.1, 0.15) is 47.8 Å². The first-order valence-electron chi connectivity index (χ1n) is 7.18. The predicted octanol–water partition coefficient (Wildman–Crippen LogP) is 4.27. The average Bonchev–Trinajstić information content (AvgIpc) is 2.82. The van der Waals surface area contributed by atoms with Crippen molar-refractivity contribution < 1.29 is 9.90 Å². The van der Waals surface area contributed by atoms with E-state index in [4.69, 9.17) is 0 Å². The number of carboxylic acid groups (broad SMARTS) is 1. The van der Waals surface area contributed by atoms with Crippen molar-refractivity contribution in [2.45, 2.75) is 39.2 Å². The molecule has 0 saturated carbocycles. The van der Waals surface area contributed by atoms with Gasteiger partial charge in [-0.3, -0.25) is 0 Å². The zero-order valence-corrected chi connectivity index (χ0v) is 12.6. The largest absolute Gasteiger partial charge is 0.477 e. The first-order valence-corrected chi connectivity index (χ1v) is 8.00. The van der Waals surface area contributed by atoms with Crippen LogP contribution in [0.25, 0.3) is 10.1 Å². The Hall–Kier alpha value is -1.39. The highest BCUT2D eigenvalue weighted by Crippen LogP contribution is 2.31. The van der Waals surface area contributed by atoms with Crippen molar-refractivity contribution in [3.8, 4) is 0 Å². The zero-order chi connectivity index (χ0) is 14.4. The van der Waals surface area contributed by atoms with Gasteiger partial charge in [-0.25, -0.2) is 4.79 Å². The van der Waals surface area contributed by atoms with Crippen molar-refractivity contribution in [1.82, 2.24) is 5.32 Å². The van der Waals surface area contributed by atoms with E-state index < -0.39 is 5.97 Å². The van der Waals surface area contributed by atoms with Gasteiger partial charge in [-0.15, -0.1) is 11.3 Å². The van der Waals surface area contributed by atoms with Crippen LogP contribution in [0.15, 0.2) is 24.3 Å². The molecule has 0 spiro atoms. The number of aromatic carboxylic acids is 1. The number of benzene rings is 1. The summed E-state index contributed by atoms with van der Waals surface area (Å²) in [5.74, 6) is -0.825. The van der Waals surface area contributed by atoms with Gasteiger partial charge in [-0.05, 0) is 30.0 Å². The summed E-state index contributed by atoms with van der Waals surface area (Å²) < 4.78 is 1.05. The molecule has 2 rings (SSSR count). The quantitative estimate of drug-likeness (QED) is 0.714. The molecule has 0 aliphatic rings. The van der Waals surface area contributed by atoms with Crippen LogP contribution < -0.4 is 5.32 Å². The molecule has 0 amide bonds. The maximum absolute atomic E-state index is 11.3. The Balaban J connectivity index is 2.04. The molecule has 0 aliphatic heterocycles. The molecule has 2 N–H and O–H groups in total. The fraction of sp³-hybridized carbons (Fsp3) is 0.438. The number of carboxylic acids is 1. The lowest BCUT2D eigenvalue weighted by Crippen LogP contribution is -2.16. The standard InChI is InChI=1S/C16H21NO2S/c1-2-3-4-7-10-17-11-13-12-8-5-6-9-14(12)20-15(13)16(18)19/h5-6,8-9,17H,2-4,7,10-11H2,1H3,(H,18,19). The smallest absolute Gasteiger partial charge is 0.346 e. The second-order valence-electron chi connectivity index (χ2n) is 4.95. The third-order valence-corrected chi connectivity index (χ3v) is 4.60. The molecule has 20 heavy (non-hydrogen) atoms. The lowest BCUT2D eigenvalue weighted by molar-refractivity contribution is 0.0701. The van der Waals surface area contributed by atoms with Crippen LogP contribution >= 0.6 is 11.3 Å². The molecule has 0 radical (unpaired) electrons. The van der Waals surface area contributed by atoms with Crippen molar-refractivity contribution in [3.63, 3.8) is 0 Å². The fourth-order valence-corrected chi connectivity index (χ4v) is 3.40. The Morgan fingerprint density at radius 2 is 2.05 bits per heavy atom. The summed E-state index contributed by atoms with van der Waals surface area (Å²) in [5, 5.41) is 13.8. The molecule has 0 fully saturated rings. The van der Waals surface area contributed by atoms with Crippen LogP contribution in [-0.4, -0.2) is 17.6 Å². The summed E-state index contributed by atoms with van der Waals surface area (Å²) >= 11 is 1.36. The summed E-state index contributed by atoms with van der Waals surface area (Å²) in [5.41, 5.74) is 0.925. The number of thiophene rings is 1. The molecule has 0 aliphatic carbocycles. The summed E-state index contributed by atoms with van der Waals surface area (Å²) in [6, 6.07) is 7.90. The van der Waals surface area contributed by atoms with Gasteiger partial charge in [0.05, 0.1) is 0 Å². The molecule has 3 nitrogen and oxygen atoms in total. The van der Waals surface area contributed by atoms with Gasteiger partial charge >= 0.3 is 5.97 Å². The number of hydrogen-bond donors (Lipinski definition) is 2. The highest BCUT2D eigenvalue weighted by Gasteiger charge is 2.16. The minimum atomic E-state index is -0.825. The molecule has 108 valence electrons. The van der Waals surface area contributed by atoms with E-state index in [1.54, 1.807) is 0 Å². The van der Waals surface area contributed by atoms with E-state index in [9.17, 15) is 9.90 Å². The van der Waals surface area contributed by atoms with Crippen LogP contribution in [-0.2, 0) is 6.54 Å². The molecule has 2 aromatic rings. The molecule has 0 atom stereocenters. The van der Waals surface area contributed by atoms with E-state index in [1.807, 2.05) is 24.3 Å². The second kappa shape index (κ2) is 7.41. The van der Waals surface area contributed by atoms with Gasteiger partial charge in [0.2, 0.25) is 0 Å². The summed E-state index contributed by atoms with van der Waals surface area (Å²) in [4.78, 5) is 11.8. The molecular formula is C16H21NO2S. The first kappa shape index (κ1) is 15.0. The van der Waals surface area contributed by atoms with Crippen LogP contribution in [0.4, 0.5) is 0 Å². The van der Waals surface area contributed by atoms with Crippen LogP contribution in [0, 0.1) is 0 Å². The number of nitrogens with one attached hydrogen (secondary N) is 1. The average molecular weight is 291 g/mol. The van der Waals surface area contributed by atoms with Crippen LogP contribution in [0.5, 0.6) is 0 Å². The molecule has 0 saturated heterocycles. The van der Waals surface area contributed by atoms with E-state index in [0.29, 0.717) is 11.4 Å². The van der Waals surface area contributed by atoms with Gasteiger partial charge < -0.3 is 10.4 Å². The molecule has 1 aromatic heterocycles. The normalized spacial score (nSPS) is 11.1. The molecule has 0 unspecified atom stereocenters. The van der Waals surface area contributed by atoms with Crippen LogP contribution in [0.3, 0.4) is 0 Å². The number of carbonyl (C=O) groups is 1. The monoisotopic (exact) mass is 291 g/mol. The second-order valence-corrected chi connectivity index (χ2v) is 6.00. The zero-order valence-electron chi connectivity index (χ0n) is 11.8. The third-order valence-electron chi connectivity index (χ3n) is 3.40. The summed E-state index contributed by atoms with van der Waals surface area (Å²) in [6.07, 6.45) is 4.89. The van der Waals surface area contributed by atoms with Crippen LogP contribution in [0.2, 0.25) is 0 Å². The van der Waals surface area contributed by atoms with Gasteiger partial charge in [0.15, 0.2) is 0 Å². The molecule has 4 heteroatoms. The van der Waals surface area contributed by atoms with Gasteiger partial charge in [0.25, 0.3) is 0 Å². The maximum Gasteiger partial charge on any atom is 0.346 e. The maximum atomic E-state index is 11.3. The SMILES string of the molecule is CCCCCCNCc1c(C(=O)O)sc2ccccc12. The third kappa shape index (κ3) is 3.58. The van der Waals surface area contributed by atoms with Gasteiger partial charge in [-0.2, -0.15) is 0 Å². The highest BCUT2D eigenvalue weighted by molar-refractivity contribution is 7.21. The number of unbranched alkanes of at least 4 members (excludes halogenated alkanes) is 3. The first-order chi connectivity index (χ1) is 9.74. The Morgan fingerprint density at radius 3 is 2.80 bits per heavy atom. The van der Waals surface area contributed by atoms with Crippen molar-refractivity contribution in [3.05, 3.63) is 34.7 Å². The Morgan fingerprint density at radius 1 is 1.25 bits per heavy atom. The van der Waals surface area contributed by atoms with E-state index in [2.05, 4.69) is 12.2 Å². The van der Waals surface area contributed by atoms with E-state index in [0.717, 1.165) is 28.6 Å². The van der Waals surface area contributed by atoms with Gasteiger partial charge in [-0.1, -0.05) is 44.4 Å². The molecule has 0 bridgehead atoms. The topological polar surface area (TPSA) is 49.3 Å². The summed E-state index contributed by atoms with van der Waals surface area (Å²) in [6.45, 7) is 3.78. The Kier molecular flexibility index (Phi) is 5.56. The lowest BCUT2D eigenvalue weighted by Gasteiger charge is -2.05. The van der Waals surface area contributed by atoms with Gasteiger partial charge in [0, 0.05) is 11.2 Å². The Bertz CT molecular complexity index is 577. The number of hydrogen-bond acceptors (Lipinski definition) is 3. The van der Waals surface area contributed by atoms with Crippen molar-refractivity contribution in [2.75, 3.05) is 6.54 Å². The highest BCUT2D eigenvalue weighted by atomic mass is 32.1. The van der Waals surface area contributed by atoms with E-state index >= 15 is 0 Å². The van der Waals surface area contributed by atoms with Crippen molar-refractivity contribution in [2.24, 2.45) is 0 Å². The van der Waals surface area contributed by atoms with E-state index in [1.165, 1.54) is 30.6 Å². The molecule has 1 heterocycles.